The van der Waals surface area contributed by atoms with Crippen LogP contribution in [0.15, 0.2) is 48.5 Å². The highest BCUT2D eigenvalue weighted by Crippen LogP contribution is 2.35. The molecule has 4 rings (SSSR count). The Morgan fingerprint density at radius 3 is 2.51 bits per heavy atom. The van der Waals surface area contributed by atoms with Gasteiger partial charge in [0.15, 0.2) is 0 Å². The third-order valence-electron chi connectivity index (χ3n) is 7.24. The molecule has 0 spiro atoms. The van der Waals surface area contributed by atoms with Crippen LogP contribution >= 0.6 is 0 Å². The van der Waals surface area contributed by atoms with Gasteiger partial charge in [0.1, 0.15) is 11.6 Å². The van der Waals surface area contributed by atoms with Crippen molar-refractivity contribution in [2.75, 3.05) is 39.5 Å². The summed E-state index contributed by atoms with van der Waals surface area (Å²) >= 11 is 0. The fourth-order valence-electron chi connectivity index (χ4n) is 5.11. The first kappa shape index (κ1) is 25.2. The van der Waals surface area contributed by atoms with E-state index in [0.717, 1.165) is 37.0 Å². The summed E-state index contributed by atoms with van der Waals surface area (Å²) in [5.74, 6) is 0.280. The van der Waals surface area contributed by atoms with E-state index in [4.69, 9.17) is 9.47 Å². The number of carbonyl (C=O) groups excluding carboxylic acids is 2. The second-order valence-corrected chi connectivity index (χ2v) is 9.55. The molecule has 2 heterocycles. The number of likely N-dealkylation sites (tertiary alicyclic amines) is 1. The molecule has 1 unspecified atom stereocenters. The first-order valence-electron chi connectivity index (χ1n) is 12.6. The Balaban J connectivity index is 1.36. The van der Waals surface area contributed by atoms with Gasteiger partial charge in [-0.2, -0.15) is 0 Å². The van der Waals surface area contributed by atoms with Crippen LogP contribution in [0.2, 0.25) is 0 Å². The largest absolute Gasteiger partial charge is 0.494 e. The average molecular weight is 483 g/mol. The van der Waals surface area contributed by atoms with Crippen molar-refractivity contribution in [1.29, 1.82) is 0 Å². The molecule has 0 aromatic heterocycles. The second-order valence-electron chi connectivity index (χ2n) is 9.55. The number of hydrogen-bond donors (Lipinski definition) is 1. The number of nitrogens with zero attached hydrogens (tertiary/aromatic N) is 1. The van der Waals surface area contributed by atoms with Crippen molar-refractivity contribution in [3.05, 3.63) is 65.5 Å². The SMILES string of the molecule is CCOc1ccc(C2(CNC(=O)C3CCCN(C(=O)Cc4ccc(F)cc4)C3)CCOCC2)cc1. The van der Waals surface area contributed by atoms with E-state index in [1.165, 1.54) is 17.7 Å². The zero-order valence-electron chi connectivity index (χ0n) is 20.4. The normalized spacial score (nSPS) is 19.7. The van der Waals surface area contributed by atoms with Crippen LogP contribution in [0, 0.1) is 11.7 Å². The molecule has 1 N–H and O–H groups in total. The Kier molecular flexibility index (Phi) is 8.39. The Morgan fingerprint density at radius 2 is 1.83 bits per heavy atom. The predicted molar refractivity (Wildman–Crippen MR) is 132 cm³/mol. The molecule has 0 radical (unpaired) electrons. The fraction of sp³-hybridized carbons (Fsp3) is 0.500. The van der Waals surface area contributed by atoms with Crippen LogP contribution in [-0.4, -0.2) is 56.2 Å². The highest BCUT2D eigenvalue weighted by atomic mass is 19.1. The summed E-state index contributed by atoms with van der Waals surface area (Å²) in [6.07, 6.45) is 3.47. The lowest BCUT2D eigenvalue weighted by Crippen LogP contribution is -2.49. The van der Waals surface area contributed by atoms with Crippen LogP contribution in [0.5, 0.6) is 5.75 Å². The van der Waals surface area contributed by atoms with Gasteiger partial charge in [-0.25, -0.2) is 4.39 Å². The number of amides is 2. The zero-order valence-corrected chi connectivity index (χ0v) is 20.4. The lowest BCUT2D eigenvalue weighted by Gasteiger charge is -2.39. The number of carbonyl (C=O) groups is 2. The van der Waals surface area contributed by atoms with Crippen LogP contribution in [0.4, 0.5) is 4.39 Å². The standard InChI is InChI=1S/C28H35FN2O4/c1-2-35-25-11-7-23(8-12-25)28(13-16-34-17-14-28)20-30-27(33)22-4-3-15-31(19-22)26(32)18-21-5-9-24(29)10-6-21/h5-12,22H,2-4,13-20H2,1H3,(H,30,33). The maximum absolute atomic E-state index is 13.2. The third kappa shape index (κ3) is 6.40. The maximum Gasteiger partial charge on any atom is 0.227 e. The molecular formula is C28H35FN2O4. The van der Waals surface area contributed by atoms with Crippen LogP contribution in [-0.2, 0) is 26.2 Å². The van der Waals surface area contributed by atoms with Gasteiger partial charge < -0.3 is 19.7 Å². The third-order valence-corrected chi connectivity index (χ3v) is 7.24. The van der Waals surface area contributed by atoms with Gasteiger partial charge in [0, 0.05) is 38.3 Å². The van der Waals surface area contributed by atoms with Crippen molar-refractivity contribution in [2.45, 2.75) is 44.4 Å². The van der Waals surface area contributed by atoms with Crippen LogP contribution in [0.3, 0.4) is 0 Å². The van der Waals surface area contributed by atoms with Crippen molar-refractivity contribution in [2.24, 2.45) is 5.92 Å². The summed E-state index contributed by atoms with van der Waals surface area (Å²) in [6.45, 7) is 5.53. The topological polar surface area (TPSA) is 67.9 Å². The molecule has 0 saturated carbocycles. The molecule has 2 fully saturated rings. The summed E-state index contributed by atoms with van der Waals surface area (Å²) in [5.41, 5.74) is 1.79. The number of ether oxygens (including phenoxy) is 2. The minimum atomic E-state index is -0.316. The molecule has 0 bridgehead atoms. The van der Waals surface area contributed by atoms with E-state index in [-0.39, 0.29) is 35.4 Å². The highest BCUT2D eigenvalue weighted by molar-refractivity contribution is 5.82. The Morgan fingerprint density at radius 1 is 1.11 bits per heavy atom. The van der Waals surface area contributed by atoms with Gasteiger partial charge in [-0.1, -0.05) is 24.3 Å². The van der Waals surface area contributed by atoms with Gasteiger partial charge in [0.2, 0.25) is 11.8 Å². The number of rotatable bonds is 8. The number of piperidine rings is 1. The number of benzene rings is 2. The van der Waals surface area contributed by atoms with Crippen molar-refractivity contribution >= 4 is 11.8 Å². The molecule has 7 heteroatoms. The van der Waals surface area contributed by atoms with E-state index < -0.39 is 0 Å². The molecule has 2 aliphatic heterocycles. The summed E-state index contributed by atoms with van der Waals surface area (Å²) in [4.78, 5) is 27.8. The van der Waals surface area contributed by atoms with Gasteiger partial charge in [-0.3, -0.25) is 9.59 Å². The van der Waals surface area contributed by atoms with Crippen molar-refractivity contribution < 1.29 is 23.5 Å². The van der Waals surface area contributed by atoms with E-state index in [2.05, 4.69) is 17.4 Å². The average Bonchev–Trinajstić information content (AvgIpc) is 2.90. The van der Waals surface area contributed by atoms with E-state index in [1.807, 2.05) is 19.1 Å². The smallest absolute Gasteiger partial charge is 0.227 e. The van der Waals surface area contributed by atoms with E-state index in [9.17, 15) is 14.0 Å². The Hall–Kier alpha value is -2.93. The summed E-state index contributed by atoms with van der Waals surface area (Å²) in [6, 6.07) is 14.2. The molecule has 2 aromatic carbocycles. The van der Waals surface area contributed by atoms with Gasteiger partial charge in [0.25, 0.3) is 0 Å². The lowest BCUT2D eigenvalue weighted by atomic mass is 9.74. The Labute approximate surface area is 206 Å². The zero-order chi connectivity index (χ0) is 24.7. The maximum atomic E-state index is 13.2. The van der Waals surface area contributed by atoms with Crippen molar-refractivity contribution in [3.63, 3.8) is 0 Å². The minimum Gasteiger partial charge on any atom is -0.494 e. The minimum absolute atomic E-state index is 0.00101. The van der Waals surface area contributed by atoms with Crippen LogP contribution < -0.4 is 10.1 Å². The molecule has 2 saturated heterocycles. The molecular weight excluding hydrogens is 447 g/mol. The highest BCUT2D eigenvalue weighted by Gasteiger charge is 2.36. The monoisotopic (exact) mass is 482 g/mol. The Bertz CT molecular complexity index is 987. The first-order valence-corrected chi connectivity index (χ1v) is 12.6. The van der Waals surface area contributed by atoms with Crippen molar-refractivity contribution in [3.8, 4) is 5.75 Å². The van der Waals surface area contributed by atoms with Gasteiger partial charge in [-0.15, -0.1) is 0 Å². The lowest BCUT2D eigenvalue weighted by molar-refractivity contribution is -0.135. The van der Waals surface area contributed by atoms with Crippen molar-refractivity contribution in [1.82, 2.24) is 10.2 Å². The molecule has 6 nitrogen and oxygen atoms in total. The van der Waals surface area contributed by atoms with Crippen LogP contribution in [0.25, 0.3) is 0 Å². The molecule has 188 valence electrons. The predicted octanol–water partition coefficient (Wildman–Crippen LogP) is 3.87. The van der Waals surface area contributed by atoms with Gasteiger partial charge in [0.05, 0.1) is 18.9 Å². The van der Waals surface area contributed by atoms with Gasteiger partial charge in [-0.05, 0) is 68.0 Å². The summed E-state index contributed by atoms with van der Waals surface area (Å²) in [5, 5.41) is 3.21. The molecule has 1 atom stereocenters. The van der Waals surface area contributed by atoms with E-state index in [1.54, 1.807) is 17.0 Å². The number of nitrogens with one attached hydrogen (secondary N) is 1. The number of hydrogen-bond acceptors (Lipinski definition) is 4. The molecule has 2 amide bonds. The number of halogens is 1. The first-order chi connectivity index (χ1) is 17.0. The molecule has 2 aliphatic rings. The molecule has 2 aromatic rings. The summed E-state index contributed by atoms with van der Waals surface area (Å²) in [7, 11) is 0. The molecule has 0 aliphatic carbocycles. The van der Waals surface area contributed by atoms with Gasteiger partial charge >= 0.3 is 0 Å². The van der Waals surface area contributed by atoms with E-state index in [0.29, 0.717) is 39.5 Å². The fourth-order valence-corrected chi connectivity index (χ4v) is 5.11. The summed E-state index contributed by atoms with van der Waals surface area (Å²) < 4.78 is 24.4. The van der Waals surface area contributed by atoms with Crippen LogP contribution in [0.1, 0.15) is 43.7 Å². The van der Waals surface area contributed by atoms with E-state index >= 15 is 0 Å². The second kappa shape index (κ2) is 11.7. The quantitative estimate of drug-likeness (QED) is 0.620. The molecule has 35 heavy (non-hydrogen) atoms.